The first-order valence-electron chi connectivity index (χ1n) is 8.07. The number of thioether (sulfide) groups is 1. The number of aromatic nitrogens is 2. The maximum absolute atomic E-state index is 12.8. The molecule has 0 spiro atoms. The number of carbonyl (C=O) groups excluding carboxylic acids is 1. The lowest BCUT2D eigenvalue weighted by molar-refractivity contribution is -0.118. The molecule has 0 saturated heterocycles. The summed E-state index contributed by atoms with van der Waals surface area (Å²) < 4.78 is 39.6. The standard InChI is InChI=1S/C16H19FN4O5S2/c1-28(24,25)10-14(22)18-5-6-27-16-15(20-26-21-16)13(19-23)8-11-3-2-4-12(7-11)9-17/h2-4,7,23H,5-6,8-10H2,1H3,(H,18,22). The van der Waals surface area contributed by atoms with Crippen molar-refractivity contribution in [2.24, 2.45) is 5.16 Å². The Morgan fingerprint density at radius 3 is 2.79 bits per heavy atom. The quantitative estimate of drug-likeness (QED) is 0.189. The van der Waals surface area contributed by atoms with Gasteiger partial charge in [0.25, 0.3) is 0 Å². The second-order valence-corrected chi connectivity index (χ2v) is 9.09. The van der Waals surface area contributed by atoms with Crippen LogP contribution in [0, 0.1) is 0 Å². The summed E-state index contributed by atoms with van der Waals surface area (Å²) in [6.45, 7) is -0.396. The molecule has 2 rings (SSSR count). The van der Waals surface area contributed by atoms with Gasteiger partial charge in [0, 0.05) is 25.0 Å². The molecule has 0 fully saturated rings. The molecule has 12 heteroatoms. The average Bonchev–Trinajstić information content (AvgIpc) is 3.10. The molecule has 152 valence electrons. The lowest BCUT2D eigenvalue weighted by Gasteiger charge is -2.05. The minimum atomic E-state index is -3.38. The third-order valence-corrected chi connectivity index (χ3v) is 5.16. The third kappa shape index (κ3) is 6.93. The van der Waals surface area contributed by atoms with Crippen LogP contribution in [0.3, 0.4) is 0 Å². The summed E-state index contributed by atoms with van der Waals surface area (Å²) in [7, 11) is -3.38. The van der Waals surface area contributed by atoms with Crippen LogP contribution in [-0.2, 0) is 27.7 Å². The molecule has 1 aromatic carbocycles. The van der Waals surface area contributed by atoms with Crippen LogP contribution in [-0.4, -0.2) is 59.9 Å². The number of oxime groups is 1. The first-order valence-corrected chi connectivity index (χ1v) is 11.1. The van der Waals surface area contributed by atoms with Crippen molar-refractivity contribution < 1.29 is 27.4 Å². The van der Waals surface area contributed by atoms with Crippen molar-refractivity contribution in [2.45, 2.75) is 18.1 Å². The van der Waals surface area contributed by atoms with E-state index < -0.39 is 28.2 Å². The summed E-state index contributed by atoms with van der Waals surface area (Å²) in [5.74, 6) is -0.799. The topological polar surface area (TPSA) is 135 Å². The number of nitrogens with zero attached hydrogens (tertiary/aromatic N) is 3. The Kier molecular flexibility index (Phi) is 7.93. The maximum Gasteiger partial charge on any atom is 0.235 e. The molecule has 9 nitrogen and oxygen atoms in total. The molecule has 0 atom stereocenters. The zero-order valence-electron chi connectivity index (χ0n) is 15.0. The number of halogens is 1. The maximum atomic E-state index is 12.8. The van der Waals surface area contributed by atoms with Crippen molar-refractivity contribution in [1.29, 1.82) is 0 Å². The van der Waals surface area contributed by atoms with Gasteiger partial charge in [-0.3, -0.25) is 4.79 Å². The number of sulfone groups is 1. The monoisotopic (exact) mass is 430 g/mol. The summed E-state index contributed by atoms with van der Waals surface area (Å²) >= 11 is 1.19. The lowest BCUT2D eigenvalue weighted by atomic mass is 10.0. The predicted molar refractivity (Wildman–Crippen MR) is 101 cm³/mol. The fourth-order valence-corrected chi connectivity index (χ4v) is 3.61. The van der Waals surface area contributed by atoms with Gasteiger partial charge in [-0.15, -0.1) is 0 Å². The zero-order chi connectivity index (χ0) is 20.6. The Morgan fingerprint density at radius 2 is 2.11 bits per heavy atom. The largest absolute Gasteiger partial charge is 0.411 e. The summed E-state index contributed by atoms with van der Waals surface area (Å²) in [5, 5.41) is 22.9. The number of carbonyl (C=O) groups is 1. The second-order valence-electron chi connectivity index (χ2n) is 5.86. The SMILES string of the molecule is CS(=O)(=O)CC(=O)NCCSc1nonc1C(Cc1cccc(CF)c1)=NO. The Morgan fingerprint density at radius 1 is 1.36 bits per heavy atom. The number of hydrogen-bond donors (Lipinski definition) is 2. The van der Waals surface area contributed by atoms with Gasteiger partial charge in [0.05, 0.1) is 0 Å². The van der Waals surface area contributed by atoms with Gasteiger partial charge in [0.2, 0.25) is 5.91 Å². The van der Waals surface area contributed by atoms with Crippen molar-refractivity contribution in [3.8, 4) is 0 Å². The van der Waals surface area contributed by atoms with Gasteiger partial charge in [0.1, 0.15) is 18.1 Å². The minimum Gasteiger partial charge on any atom is -0.411 e. The lowest BCUT2D eigenvalue weighted by Crippen LogP contribution is -2.31. The van der Waals surface area contributed by atoms with Crippen LogP contribution in [0.5, 0.6) is 0 Å². The predicted octanol–water partition coefficient (Wildman–Crippen LogP) is 1.21. The van der Waals surface area contributed by atoms with E-state index in [4.69, 9.17) is 4.63 Å². The van der Waals surface area contributed by atoms with Crippen LogP contribution in [0.25, 0.3) is 0 Å². The van der Waals surface area contributed by atoms with Gasteiger partial charge < -0.3 is 10.5 Å². The van der Waals surface area contributed by atoms with Crippen LogP contribution in [0.1, 0.15) is 16.8 Å². The van der Waals surface area contributed by atoms with E-state index in [9.17, 15) is 22.8 Å². The number of nitrogens with one attached hydrogen (secondary N) is 1. The van der Waals surface area contributed by atoms with Crippen LogP contribution < -0.4 is 5.32 Å². The van der Waals surface area contributed by atoms with E-state index in [1.807, 2.05) is 0 Å². The second kappa shape index (κ2) is 10.2. The van der Waals surface area contributed by atoms with Crippen molar-refractivity contribution in [3.05, 3.63) is 41.1 Å². The molecule has 0 saturated carbocycles. The highest BCUT2D eigenvalue weighted by molar-refractivity contribution is 7.99. The van der Waals surface area contributed by atoms with Crippen LogP contribution in [0.15, 0.2) is 39.1 Å². The molecule has 0 unspecified atom stereocenters. The molecule has 2 N–H and O–H groups in total. The van der Waals surface area contributed by atoms with Crippen molar-refractivity contribution in [2.75, 3.05) is 24.3 Å². The van der Waals surface area contributed by atoms with Gasteiger partial charge in [0.15, 0.2) is 20.6 Å². The van der Waals surface area contributed by atoms with E-state index in [1.165, 1.54) is 11.8 Å². The third-order valence-electron chi connectivity index (χ3n) is 3.43. The Labute approximate surface area is 165 Å². The molecule has 0 bridgehead atoms. The van der Waals surface area contributed by atoms with E-state index in [2.05, 4.69) is 20.8 Å². The van der Waals surface area contributed by atoms with Gasteiger partial charge in [-0.25, -0.2) is 17.4 Å². The average molecular weight is 430 g/mol. The van der Waals surface area contributed by atoms with Crippen LogP contribution >= 0.6 is 11.8 Å². The van der Waals surface area contributed by atoms with Gasteiger partial charge in [-0.2, -0.15) is 0 Å². The molecule has 0 radical (unpaired) electrons. The summed E-state index contributed by atoms with van der Waals surface area (Å²) in [4.78, 5) is 11.5. The number of alkyl halides is 1. The summed E-state index contributed by atoms with van der Waals surface area (Å²) in [6.07, 6.45) is 1.17. The normalized spacial score (nSPS) is 12.1. The zero-order valence-corrected chi connectivity index (χ0v) is 16.6. The molecule has 28 heavy (non-hydrogen) atoms. The fourth-order valence-electron chi connectivity index (χ4n) is 2.26. The summed E-state index contributed by atoms with van der Waals surface area (Å²) in [5.41, 5.74) is 1.67. The van der Waals surface area contributed by atoms with E-state index in [0.717, 1.165) is 11.8 Å². The highest BCUT2D eigenvalue weighted by Gasteiger charge is 2.18. The van der Waals surface area contributed by atoms with Crippen molar-refractivity contribution in [1.82, 2.24) is 15.6 Å². The molecule has 0 aliphatic rings. The molecule has 1 aromatic heterocycles. The van der Waals surface area contributed by atoms with Crippen molar-refractivity contribution in [3.63, 3.8) is 0 Å². The van der Waals surface area contributed by atoms with Gasteiger partial charge in [-0.05, 0) is 21.4 Å². The first-order chi connectivity index (χ1) is 13.3. The molecule has 2 aromatic rings. The van der Waals surface area contributed by atoms with Crippen molar-refractivity contribution >= 4 is 33.2 Å². The van der Waals surface area contributed by atoms with E-state index in [1.54, 1.807) is 24.3 Å². The number of hydrogen-bond acceptors (Lipinski definition) is 9. The molecule has 1 heterocycles. The number of amides is 1. The van der Waals surface area contributed by atoms with E-state index >= 15 is 0 Å². The first kappa shape index (κ1) is 21.8. The molecular formula is C16H19FN4O5S2. The molecule has 0 aliphatic carbocycles. The Bertz CT molecular complexity index is 946. The Balaban J connectivity index is 1.95. The van der Waals surface area contributed by atoms with E-state index in [0.29, 0.717) is 16.3 Å². The highest BCUT2D eigenvalue weighted by atomic mass is 32.2. The van der Waals surface area contributed by atoms with Crippen LogP contribution in [0.2, 0.25) is 0 Å². The highest BCUT2D eigenvalue weighted by Crippen LogP contribution is 2.21. The Hall–Kier alpha value is -2.47. The molecular weight excluding hydrogens is 411 g/mol. The summed E-state index contributed by atoms with van der Waals surface area (Å²) in [6, 6.07) is 6.77. The molecule has 0 aliphatic heterocycles. The van der Waals surface area contributed by atoms with Gasteiger partial charge >= 0.3 is 0 Å². The van der Waals surface area contributed by atoms with Crippen LogP contribution in [0.4, 0.5) is 4.39 Å². The number of benzene rings is 1. The fraction of sp³-hybridized carbons (Fsp3) is 0.375. The number of rotatable bonds is 10. The van der Waals surface area contributed by atoms with E-state index in [-0.39, 0.29) is 24.4 Å². The van der Waals surface area contributed by atoms with Gasteiger partial charge in [-0.1, -0.05) is 41.2 Å². The smallest absolute Gasteiger partial charge is 0.235 e. The minimum absolute atomic E-state index is 0.192. The molecule has 1 amide bonds.